The molecule has 2 rings (SSSR count). The van der Waals surface area contributed by atoms with Gasteiger partial charge in [0.1, 0.15) is 21.7 Å². The molecule has 0 amide bonds. The molecule has 0 saturated heterocycles. The zero-order chi connectivity index (χ0) is 14.7. The summed E-state index contributed by atoms with van der Waals surface area (Å²) in [4.78, 5) is 13.7. The van der Waals surface area contributed by atoms with Crippen molar-refractivity contribution in [1.82, 2.24) is 15.0 Å². The number of nitrogens with zero attached hydrogens (tertiary/aromatic N) is 3. The van der Waals surface area contributed by atoms with Crippen molar-refractivity contribution >= 4 is 17.6 Å². The number of pyridine rings is 1. The first-order chi connectivity index (χ1) is 9.53. The Bertz CT molecular complexity index is 605. The molecule has 0 unspecified atom stereocenters. The highest BCUT2D eigenvalue weighted by Gasteiger charge is 2.11. The second-order valence-electron chi connectivity index (χ2n) is 4.75. The highest BCUT2D eigenvalue weighted by molar-refractivity contribution is 7.99. The van der Waals surface area contributed by atoms with Gasteiger partial charge in [-0.05, 0) is 50.2 Å². The van der Waals surface area contributed by atoms with Gasteiger partial charge in [-0.25, -0.2) is 15.0 Å². The molecule has 0 aliphatic rings. The maximum Gasteiger partial charge on any atom is 0.133 e. The lowest BCUT2D eigenvalue weighted by Crippen LogP contribution is -2.04. The lowest BCUT2D eigenvalue weighted by Gasteiger charge is -2.11. The van der Waals surface area contributed by atoms with Gasteiger partial charge >= 0.3 is 0 Å². The van der Waals surface area contributed by atoms with Crippen LogP contribution in [-0.4, -0.2) is 22.0 Å². The number of nitrogens with one attached hydrogen (secondary N) is 1. The van der Waals surface area contributed by atoms with Crippen LogP contribution in [0.25, 0.3) is 0 Å². The Labute approximate surface area is 124 Å². The van der Waals surface area contributed by atoms with Gasteiger partial charge in [0.15, 0.2) is 0 Å². The van der Waals surface area contributed by atoms with E-state index in [4.69, 9.17) is 0 Å². The second-order valence-corrected chi connectivity index (χ2v) is 5.76. The third kappa shape index (κ3) is 3.28. The Hall–Kier alpha value is -1.62. The Kier molecular flexibility index (Phi) is 4.60. The predicted octanol–water partition coefficient (Wildman–Crippen LogP) is 3.55. The van der Waals surface area contributed by atoms with Gasteiger partial charge in [-0.15, -0.1) is 0 Å². The molecule has 0 bridgehead atoms. The van der Waals surface area contributed by atoms with Crippen molar-refractivity contribution in [3.63, 3.8) is 0 Å². The fourth-order valence-electron chi connectivity index (χ4n) is 2.00. The third-order valence-corrected chi connectivity index (χ3v) is 3.99. The average Bonchev–Trinajstić information content (AvgIpc) is 2.40. The molecule has 1 N–H and O–H groups in total. The van der Waals surface area contributed by atoms with E-state index in [9.17, 15) is 0 Å². The van der Waals surface area contributed by atoms with E-state index in [1.54, 1.807) is 11.8 Å². The number of aromatic nitrogens is 3. The maximum atomic E-state index is 4.63. The van der Waals surface area contributed by atoms with E-state index in [1.807, 2.05) is 20.9 Å². The molecule has 0 aliphatic heterocycles. The largest absolute Gasteiger partial charge is 0.373 e. The minimum absolute atomic E-state index is 0.822. The van der Waals surface area contributed by atoms with Crippen molar-refractivity contribution in [2.45, 2.75) is 44.2 Å². The van der Waals surface area contributed by atoms with Crippen molar-refractivity contribution in [3.8, 4) is 0 Å². The summed E-state index contributed by atoms with van der Waals surface area (Å²) in [5.74, 6) is 1.75. The van der Waals surface area contributed by atoms with Crippen molar-refractivity contribution in [2.75, 3.05) is 12.4 Å². The zero-order valence-corrected chi connectivity index (χ0v) is 13.4. The van der Waals surface area contributed by atoms with Crippen molar-refractivity contribution in [3.05, 3.63) is 34.8 Å². The lowest BCUT2D eigenvalue weighted by atomic mass is 10.3. The summed E-state index contributed by atoms with van der Waals surface area (Å²) < 4.78 is 0. The normalized spacial score (nSPS) is 10.7. The Balaban J connectivity index is 2.41. The molecule has 5 heteroatoms. The lowest BCUT2D eigenvalue weighted by molar-refractivity contribution is 0.872. The first-order valence-electron chi connectivity index (χ1n) is 6.72. The summed E-state index contributed by atoms with van der Waals surface area (Å²) in [7, 11) is 1.89. The van der Waals surface area contributed by atoms with Crippen LogP contribution in [-0.2, 0) is 6.42 Å². The SMILES string of the molecule is CCc1nc(NC)c(C)c(Sc2cc(C)cc(C)n2)n1. The van der Waals surface area contributed by atoms with E-state index in [2.05, 4.69) is 46.2 Å². The topological polar surface area (TPSA) is 50.7 Å². The molecule has 2 heterocycles. The molecule has 0 radical (unpaired) electrons. The number of aryl methyl sites for hydroxylation is 3. The second kappa shape index (κ2) is 6.22. The van der Waals surface area contributed by atoms with Crippen LogP contribution in [0.4, 0.5) is 5.82 Å². The van der Waals surface area contributed by atoms with Gasteiger partial charge < -0.3 is 5.32 Å². The van der Waals surface area contributed by atoms with E-state index < -0.39 is 0 Å². The Morgan fingerprint density at radius 3 is 2.45 bits per heavy atom. The van der Waals surface area contributed by atoms with Gasteiger partial charge in [0.2, 0.25) is 0 Å². The highest BCUT2D eigenvalue weighted by Crippen LogP contribution is 2.30. The fraction of sp³-hybridized carbons (Fsp3) is 0.400. The summed E-state index contributed by atoms with van der Waals surface area (Å²) in [6, 6.07) is 4.16. The molecule has 4 nitrogen and oxygen atoms in total. The van der Waals surface area contributed by atoms with Crippen LogP contribution < -0.4 is 5.32 Å². The standard InChI is InChI=1S/C15H20N4S/c1-6-12-18-14(16-5)11(4)15(19-12)20-13-8-9(2)7-10(3)17-13/h7-8H,6H2,1-5H3,(H,16,18,19). The van der Waals surface area contributed by atoms with Gasteiger partial charge in [-0.2, -0.15) is 0 Å². The van der Waals surface area contributed by atoms with Gasteiger partial charge in [0.05, 0.1) is 0 Å². The maximum absolute atomic E-state index is 4.63. The van der Waals surface area contributed by atoms with Crippen molar-refractivity contribution < 1.29 is 0 Å². The number of hydrogen-bond acceptors (Lipinski definition) is 5. The van der Waals surface area contributed by atoms with Crippen LogP contribution in [0.15, 0.2) is 22.2 Å². The van der Waals surface area contributed by atoms with E-state index in [0.29, 0.717) is 0 Å². The monoisotopic (exact) mass is 288 g/mol. The molecule has 0 saturated carbocycles. The molecule has 2 aromatic rings. The van der Waals surface area contributed by atoms with E-state index >= 15 is 0 Å². The van der Waals surface area contributed by atoms with Crippen LogP contribution in [0.5, 0.6) is 0 Å². The van der Waals surface area contributed by atoms with Crippen LogP contribution >= 0.6 is 11.8 Å². The van der Waals surface area contributed by atoms with Gasteiger partial charge in [-0.3, -0.25) is 0 Å². The Morgan fingerprint density at radius 2 is 1.85 bits per heavy atom. The smallest absolute Gasteiger partial charge is 0.133 e. The zero-order valence-electron chi connectivity index (χ0n) is 12.6. The van der Waals surface area contributed by atoms with Crippen LogP contribution in [0.1, 0.15) is 29.6 Å². The summed E-state index contributed by atoms with van der Waals surface area (Å²) in [6.07, 6.45) is 0.822. The third-order valence-electron chi connectivity index (χ3n) is 2.98. The van der Waals surface area contributed by atoms with Crippen LogP contribution in [0.2, 0.25) is 0 Å². The van der Waals surface area contributed by atoms with Crippen LogP contribution in [0.3, 0.4) is 0 Å². The van der Waals surface area contributed by atoms with E-state index in [0.717, 1.165) is 39.4 Å². The van der Waals surface area contributed by atoms with Crippen molar-refractivity contribution in [1.29, 1.82) is 0 Å². The average molecular weight is 288 g/mol. The van der Waals surface area contributed by atoms with E-state index in [1.165, 1.54) is 5.56 Å². The van der Waals surface area contributed by atoms with Gasteiger partial charge in [0.25, 0.3) is 0 Å². The molecular formula is C15H20N4S. The molecule has 0 atom stereocenters. The Morgan fingerprint density at radius 1 is 1.10 bits per heavy atom. The molecular weight excluding hydrogens is 268 g/mol. The van der Waals surface area contributed by atoms with Gasteiger partial charge in [-0.1, -0.05) is 6.92 Å². The summed E-state index contributed by atoms with van der Waals surface area (Å²) in [5.41, 5.74) is 3.32. The molecule has 0 spiro atoms. The number of rotatable bonds is 4. The predicted molar refractivity (Wildman–Crippen MR) is 83.5 cm³/mol. The first-order valence-corrected chi connectivity index (χ1v) is 7.53. The summed E-state index contributed by atoms with van der Waals surface area (Å²) in [5, 5.41) is 5.09. The first kappa shape index (κ1) is 14.8. The molecule has 106 valence electrons. The minimum atomic E-state index is 0.822. The molecule has 20 heavy (non-hydrogen) atoms. The fourth-order valence-corrected chi connectivity index (χ4v) is 3.03. The highest BCUT2D eigenvalue weighted by atomic mass is 32.2. The van der Waals surface area contributed by atoms with E-state index in [-0.39, 0.29) is 0 Å². The quantitative estimate of drug-likeness (QED) is 0.872. The molecule has 0 aromatic carbocycles. The van der Waals surface area contributed by atoms with Crippen LogP contribution in [0, 0.1) is 20.8 Å². The number of anilines is 1. The molecule has 0 aliphatic carbocycles. The molecule has 2 aromatic heterocycles. The molecule has 0 fully saturated rings. The number of hydrogen-bond donors (Lipinski definition) is 1. The summed E-state index contributed by atoms with van der Waals surface area (Å²) >= 11 is 1.60. The van der Waals surface area contributed by atoms with Crippen molar-refractivity contribution in [2.24, 2.45) is 0 Å². The van der Waals surface area contributed by atoms with Gasteiger partial charge in [0, 0.05) is 24.7 Å². The summed E-state index contributed by atoms with van der Waals surface area (Å²) in [6.45, 7) is 8.20. The minimum Gasteiger partial charge on any atom is -0.373 e.